The molecule has 0 N–H and O–H groups in total. The highest BCUT2D eigenvalue weighted by Crippen LogP contribution is 2.46. The van der Waals surface area contributed by atoms with Crippen molar-refractivity contribution in [3.63, 3.8) is 0 Å². The van der Waals surface area contributed by atoms with Crippen LogP contribution in [0.25, 0.3) is 0 Å². The molecule has 0 aromatic heterocycles. The Morgan fingerprint density at radius 3 is 2.38 bits per heavy atom. The van der Waals surface area contributed by atoms with Gasteiger partial charge in [-0.25, -0.2) is 4.21 Å². The normalized spacial score (nSPS) is 28.4. The van der Waals surface area contributed by atoms with Gasteiger partial charge in [0.2, 0.25) is 0 Å². The van der Waals surface area contributed by atoms with E-state index >= 15 is 0 Å². The first-order valence-electron chi connectivity index (χ1n) is 10.9. The van der Waals surface area contributed by atoms with Crippen LogP contribution in [0, 0.1) is 0 Å². The minimum Gasteiger partial charge on any atom is -0.371 e. The number of carbonyl (C=O) groups excluding carboxylic acids is 2. The summed E-state index contributed by atoms with van der Waals surface area (Å²) in [6, 6.07) is 0. The summed E-state index contributed by atoms with van der Waals surface area (Å²) in [5.74, 6) is -0.338. The fourth-order valence-electron chi connectivity index (χ4n) is 4.70. The SMILES string of the molecule is CCC(C)(OC)C(=O)N1CCC(S(C)(=O)=NC(=O)CC2CCC3(CCC3)O2)CC1. The zero-order valence-electron chi connectivity index (χ0n) is 18.3. The number of hydrogen-bond donors (Lipinski definition) is 0. The molecule has 1 spiro atoms. The first-order chi connectivity index (χ1) is 13.6. The van der Waals surface area contributed by atoms with E-state index in [0.717, 1.165) is 25.7 Å². The van der Waals surface area contributed by atoms with Crippen molar-refractivity contribution < 1.29 is 23.3 Å². The predicted octanol–water partition coefficient (Wildman–Crippen LogP) is 2.91. The molecule has 29 heavy (non-hydrogen) atoms. The van der Waals surface area contributed by atoms with Gasteiger partial charge >= 0.3 is 0 Å². The van der Waals surface area contributed by atoms with E-state index in [4.69, 9.17) is 9.47 Å². The Morgan fingerprint density at radius 1 is 1.24 bits per heavy atom. The van der Waals surface area contributed by atoms with Gasteiger partial charge in [0.05, 0.1) is 27.9 Å². The van der Waals surface area contributed by atoms with Crippen molar-refractivity contribution in [1.29, 1.82) is 0 Å². The second-order valence-corrected chi connectivity index (χ2v) is 11.7. The summed E-state index contributed by atoms with van der Waals surface area (Å²) >= 11 is 0. The molecular weight excluding hydrogens is 392 g/mol. The minimum atomic E-state index is -2.64. The molecule has 3 aliphatic rings. The Morgan fingerprint density at radius 2 is 1.90 bits per heavy atom. The Hall–Kier alpha value is -0.990. The molecule has 3 atom stereocenters. The number of rotatable bonds is 6. The van der Waals surface area contributed by atoms with E-state index < -0.39 is 15.3 Å². The summed E-state index contributed by atoms with van der Waals surface area (Å²) in [5, 5.41) is -0.173. The molecule has 1 saturated carbocycles. The highest BCUT2D eigenvalue weighted by atomic mass is 32.2. The van der Waals surface area contributed by atoms with Crippen molar-refractivity contribution in [2.75, 3.05) is 26.5 Å². The summed E-state index contributed by atoms with van der Waals surface area (Å²) in [7, 11) is -1.09. The first-order valence-corrected chi connectivity index (χ1v) is 12.9. The number of nitrogens with zero attached hydrogens (tertiary/aromatic N) is 2. The highest BCUT2D eigenvalue weighted by Gasteiger charge is 2.45. The summed E-state index contributed by atoms with van der Waals surface area (Å²) in [4.78, 5) is 27.0. The third-order valence-electron chi connectivity index (χ3n) is 7.21. The molecule has 2 heterocycles. The molecule has 0 radical (unpaired) electrons. The van der Waals surface area contributed by atoms with Crippen LogP contribution in [0.3, 0.4) is 0 Å². The largest absolute Gasteiger partial charge is 0.371 e. The van der Waals surface area contributed by atoms with Crippen molar-refractivity contribution in [3.8, 4) is 0 Å². The lowest BCUT2D eigenvalue weighted by molar-refractivity contribution is -0.154. The van der Waals surface area contributed by atoms with Crippen LogP contribution in [-0.2, 0) is 28.8 Å². The van der Waals surface area contributed by atoms with Crippen LogP contribution in [-0.4, -0.2) is 69.9 Å². The first kappa shape index (κ1) is 22.7. The zero-order chi connectivity index (χ0) is 21.3. The maximum Gasteiger partial charge on any atom is 0.256 e. The quantitative estimate of drug-likeness (QED) is 0.649. The van der Waals surface area contributed by atoms with E-state index in [9.17, 15) is 13.8 Å². The molecule has 3 unspecified atom stereocenters. The van der Waals surface area contributed by atoms with Gasteiger partial charge in [0.25, 0.3) is 11.8 Å². The van der Waals surface area contributed by atoms with Gasteiger partial charge in [-0.15, -0.1) is 0 Å². The average Bonchev–Trinajstić information content (AvgIpc) is 3.11. The number of methoxy groups -OCH3 is 1. The fourth-order valence-corrected chi connectivity index (χ4v) is 6.41. The van der Waals surface area contributed by atoms with Gasteiger partial charge in [0.15, 0.2) is 0 Å². The van der Waals surface area contributed by atoms with E-state index in [2.05, 4.69) is 4.36 Å². The number of likely N-dealkylation sites (tertiary alicyclic amines) is 1. The van der Waals surface area contributed by atoms with Gasteiger partial charge in [0.1, 0.15) is 5.60 Å². The Labute approximate surface area is 175 Å². The summed E-state index contributed by atoms with van der Waals surface area (Å²) in [6.45, 7) is 4.77. The molecule has 0 aromatic carbocycles. The van der Waals surface area contributed by atoms with Crippen molar-refractivity contribution in [2.24, 2.45) is 4.36 Å². The molecule has 0 aromatic rings. The fraction of sp³-hybridized carbons (Fsp3) is 0.905. The van der Waals surface area contributed by atoms with Crippen LogP contribution in [0.5, 0.6) is 0 Å². The second kappa shape index (κ2) is 8.63. The lowest BCUT2D eigenvalue weighted by atomic mass is 9.78. The number of piperidine rings is 1. The molecule has 1 aliphatic carbocycles. The smallest absolute Gasteiger partial charge is 0.256 e. The molecule has 2 aliphatic heterocycles. The number of amides is 2. The highest BCUT2D eigenvalue weighted by molar-refractivity contribution is 7.93. The van der Waals surface area contributed by atoms with E-state index in [0.29, 0.717) is 32.4 Å². The van der Waals surface area contributed by atoms with Crippen LogP contribution in [0.15, 0.2) is 4.36 Å². The lowest BCUT2D eigenvalue weighted by Crippen LogP contribution is -2.51. The average molecular weight is 429 g/mol. The molecule has 3 fully saturated rings. The van der Waals surface area contributed by atoms with E-state index in [-0.39, 0.29) is 35.2 Å². The van der Waals surface area contributed by atoms with E-state index in [1.807, 2.05) is 6.92 Å². The molecule has 7 nitrogen and oxygen atoms in total. The molecule has 8 heteroatoms. The molecule has 3 rings (SSSR count). The maximum absolute atomic E-state index is 13.1. The summed E-state index contributed by atoms with van der Waals surface area (Å²) in [6.07, 6.45) is 8.82. The standard InChI is InChI=1S/C21H36N2O5S/c1-5-20(2,27-3)19(25)23-13-8-17(9-14-23)29(4,26)22-18(24)15-16-7-12-21(28-16)10-6-11-21/h16-17H,5-15H2,1-4H3. The van der Waals surface area contributed by atoms with Gasteiger partial charge in [-0.1, -0.05) is 6.92 Å². The van der Waals surface area contributed by atoms with Crippen molar-refractivity contribution in [2.45, 2.75) is 94.2 Å². The van der Waals surface area contributed by atoms with Crippen molar-refractivity contribution in [1.82, 2.24) is 4.90 Å². The zero-order valence-corrected chi connectivity index (χ0v) is 19.1. The molecular formula is C21H36N2O5S. The number of hydrogen-bond acceptors (Lipinski definition) is 5. The Balaban J connectivity index is 1.54. The van der Waals surface area contributed by atoms with Crippen LogP contribution in [0.2, 0.25) is 0 Å². The van der Waals surface area contributed by atoms with Crippen LogP contribution in [0.1, 0.15) is 71.6 Å². The molecule has 166 valence electrons. The van der Waals surface area contributed by atoms with Crippen LogP contribution >= 0.6 is 0 Å². The topological polar surface area (TPSA) is 85.3 Å². The van der Waals surface area contributed by atoms with Gasteiger partial charge < -0.3 is 14.4 Å². The third-order valence-corrected chi connectivity index (χ3v) is 9.49. The Kier molecular flexibility index (Phi) is 6.75. The second-order valence-electron chi connectivity index (χ2n) is 9.15. The van der Waals surface area contributed by atoms with Crippen LogP contribution in [0.4, 0.5) is 0 Å². The third kappa shape index (κ3) is 4.85. The monoisotopic (exact) mass is 428 g/mol. The van der Waals surface area contributed by atoms with Crippen LogP contribution < -0.4 is 0 Å². The Bertz CT molecular complexity index is 742. The van der Waals surface area contributed by atoms with Gasteiger partial charge in [0, 0.05) is 31.7 Å². The van der Waals surface area contributed by atoms with Crippen molar-refractivity contribution >= 4 is 21.5 Å². The van der Waals surface area contributed by atoms with E-state index in [1.165, 1.54) is 6.42 Å². The summed E-state index contributed by atoms with van der Waals surface area (Å²) < 4.78 is 28.8. The maximum atomic E-state index is 13.1. The van der Waals surface area contributed by atoms with Gasteiger partial charge in [-0.2, -0.15) is 4.36 Å². The predicted molar refractivity (Wildman–Crippen MR) is 112 cm³/mol. The lowest BCUT2D eigenvalue weighted by Gasteiger charge is -2.38. The van der Waals surface area contributed by atoms with Gasteiger partial charge in [-0.05, 0) is 58.3 Å². The minimum absolute atomic E-state index is 0.0210. The molecule has 2 saturated heterocycles. The molecule has 2 amide bonds. The number of carbonyl (C=O) groups is 2. The molecule has 0 bridgehead atoms. The van der Waals surface area contributed by atoms with E-state index in [1.54, 1.807) is 25.2 Å². The van der Waals surface area contributed by atoms with Gasteiger partial charge in [-0.3, -0.25) is 9.59 Å². The van der Waals surface area contributed by atoms with Crippen molar-refractivity contribution in [3.05, 3.63) is 0 Å². The number of ether oxygens (including phenoxy) is 2. The summed E-state index contributed by atoms with van der Waals surface area (Å²) in [5.41, 5.74) is -0.799.